The van der Waals surface area contributed by atoms with Crippen LogP contribution in [0.2, 0.25) is 0 Å². The summed E-state index contributed by atoms with van der Waals surface area (Å²) in [4.78, 5) is 14.2. The highest BCUT2D eigenvalue weighted by Crippen LogP contribution is 2.17. The summed E-state index contributed by atoms with van der Waals surface area (Å²) in [5.41, 5.74) is 6.97. The van der Waals surface area contributed by atoms with Crippen molar-refractivity contribution in [3.8, 4) is 6.07 Å². The zero-order chi connectivity index (χ0) is 15.1. The van der Waals surface area contributed by atoms with Crippen LogP contribution in [0.15, 0.2) is 24.3 Å². The molecule has 0 spiro atoms. The molecule has 0 saturated carbocycles. The Bertz CT molecular complexity index is 495. The molecule has 0 aliphatic carbocycles. The molecule has 0 fully saturated rings. The van der Waals surface area contributed by atoms with E-state index in [1.165, 1.54) is 0 Å². The Labute approximate surface area is 120 Å². The molecule has 5 heteroatoms. The molecular weight excluding hydrogens is 252 g/mol. The fourth-order valence-electron chi connectivity index (χ4n) is 1.97. The molecule has 0 saturated heterocycles. The monoisotopic (exact) mass is 274 g/mol. The lowest BCUT2D eigenvalue weighted by Crippen LogP contribution is -2.43. The minimum atomic E-state index is -0.310. The second kappa shape index (κ2) is 7.51. The molecule has 0 aromatic heterocycles. The number of hydrogen-bond acceptors (Lipinski definition) is 4. The molecule has 5 nitrogen and oxygen atoms in total. The maximum Gasteiger partial charge on any atom is 0.241 e. The van der Waals surface area contributed by atoms with Gasteiger partial charge in [-0.2, -0.15) is 5.26 Å². The fourth-order valence-corrected chi connectivity index (χ4v) is 1.97. The van der Waals surface area contributed by atoms with E-state index in [9.17, 15) is 4.79 Å². The van der Waals surface area contributed by atoms with Crippen molar-refractivity contribution in [2.24, 2.45) is 5.92 Å². The van der Waals surface area contributed by atoms with Crippen LogP contribution < -0.4 is 11.1 Å². The topological polar surface area (TPSA) is 82.2 Å². The highest BCUT2D eigenvalue weighted by Gasteiger charge is 2.22. The number of carbonyl (C=O) groups is 1. The van der Waals surface area contributed by atoms with Crippen molar-refractivity contribution >= 4 is 17.3 Å². The van der Waals surface area contributed by atoms with Crippen molar-refractivity contribution in [1.82, 2.24) is 4.90 Å². The first-order valence-corrected chi connectivity index (χ1v) is 6.78. The normalized spacial score (nSPS) is 13.6. The highest BCUT2D eigenvalue weighted by atomic mass is 16.2. The standard InChI is InChI=1S/C15H22N4O/c1-4-19(10-11(2)9-16)12(3)15(20)18-14-8-6-5-7-13(14)17/h5-8,11-12H,4,10,17H2,1-3H3,(H,18,20). The van der Waals surface area contributed by atoms with Crippen molar-refractivity contribution in [2.75, 3.05) is 24.1 Å². The maximum atomic E-state index is 12.2. The number of para-hydroxylation sites is 2. The number of likely N-dealkylation sites (N-methyl/N-ethyl adjacent to an activating group) is 1. The number of benzene rings is 1. The van der Waals surface area contributed by atoms with Gasteiger partial charge < -0.3 is 11.1 Å². The van der Waals surface area contributed by atoms with Crippen LogP contribution in [0, 0.1) is 17.2 Å². The second-order valence-electron chi connectivity index (χ2n) is 4.87. The molecule has 2 unspecified atom stereocenters. The molecule has 1 rings (SSSR count). The molecule has 0 aliphatic rings. The molecule has 1 aromatic rings. The van der Waals surface area contributed by atoms with Crippen LogP contribution in [0.3, 0.4) is 0 Å². The number of amides is 1. The summed E-state index contributed by atoms with van der Waals surface area (Å²) in [5.74, 6) is -0.220. The molecule has 20 heavy (non-hydrogen) atoms. The van der Waals surface area contributed by atoms with Gasteiger partial charge in [0.2, 0.25) is 5.91 Å². The van der Waals surface area contributed by atoms with Crippen LogP contribution in [0.1, 0.15) is 20.8 Å². The summed E-state index contributed by atoms with van der Waals surface area (Å²) in [6, 6.07) is 9.04. The van der Waals surface area contributed by atoms with Gasteiger partial charge in [0, 0.05) is 6.54 Å². The van der Waals surface area contributed by atoms with Crippen molar-refractivity contribution in [3.63, 3.8) is 0 Å². The number of nitrogens with one attached hydrogen (secondary N) is 1. The summed E-state index contributed by atoms with van der Waals surface area (Å²) >= 11 is 0. The van der Waals surface area contributed by atoms with Gasteiger partial charge in [-0.05, 0) is 32.5 Å². The number of anilines is 2. The number of carbonyl (C=O) groups excluding carboxylic acids is 1. The Hall–Kier alpha value is -2.06. The van der Waals surface area contributed by atoms with E-state index in [0.717, 1.165) is 0 Å². The lowest BCUT2D eigenvalue weighted by molar-refractivity contribution is -0.120. The molecule has 1 aromatic carbocycles. The molecule has 0 aliphatic heterocycles. The van der Waals surface area contributed by atoms with Crippen molar-refractivity contribution < 1.29 is 4.79 Å². The lowest BCUT2D eigenvalue weighted by atomic mass is 10.1. The Balaban J connectivity index is 2.70. The molecule has 0 radical (unpaired) electrons. The summed E-state index contributed by atoms with van der Waals surface area (Å²) < 4.78 is 0. The van der Waals surface area contributed by atoms with Crippen LogP contribution in [-0.4, -0.2) is 29.9 Å². The van der Waals surface area contributed by atoms with Gasteiger partial charge in [-0.15, -0.1) is 0 Å². The van der Waals surface area contributed by atoms with E-state index in [2.05, 4.69) is 11.4 Å². The molecule has 1 amide bonds. The zero-order valence-electron chi connectivity index (χ0n) is 12.3. The number of nitriles is 1. The average molecular weight is 274 g/mol. The summed E-state index contributed by atoms with van der Waals surface area (Å²) in [5, 5.41) is 11.7. The molecule has 0 bridgehead atoms. The van der Waals surface area contributed by atoms with Gasteiger partial charge in [-0.3, -0.25) is 9.69 Å². The van der Waals surface area contributed by atoms with Gasteiger partial charge in [0.05, 0.1) is 29.4 Å². The van der Waals surface area contributed by atoms with Gasteiger partial charge in [0.25, 0.3) is 0 Å². The van der Waals surface area contributed by atoms with Crippen molar-refractivity contribution in [1.29, 1.82) is 5.26 Å². The van der Waals surface area contributed by atoms with Gasteiger partial charge >= 0.3 is 0 Å². The average Bonchev–Trinajstić information content (AvgIpc) is 2.46. The first kappa shape index (κ1) is 16.0. The van der Waals surface area contributed by atoms with Crippen molar-refractivity contribution in [3.05, 3.63) is 24.3 Å². The molecular formula is C15H22N4O. The Morgan fingerprint density at radius 2 is 2.10 bits per heavy atom. The van der Waals surface area contributed by atoms with Crippen LogP contribution in [-0.2, 0) is 4.79 Å². The van der Waals surface area contributed by atoms with E-state index in [0.29, 0.717) is 24.5 Å². The highest BCUT2D eigenvalue weighted by molar-refractivity contribution is 5.97. The predicted molar refractivity (Wildman–Crippen MR) is 81.0 cm³/mol. The summed E-state index contributed by atoms with van der Waals surface area (Å²) in [7, 11) is 0. The summed E-state index contributed by atoms with van der Waals surface area (Å²) in [6.45, 7) is 6.95. The molecule has 0 heterocycles. The minimum absolute atomic E-state index is 0.105. The largest absolute Gasteiger partial charge is 0.397 e. The zero-order valence-corrected chi connectivity index (χ0v) is 12.3. The SMILES string of the molecule is CCN(CC(C)C#N)C(C)C(=O)Nc1ccccc1N. The Morgan fingerprint density at radius 1 is 1.45 bits per heavy atom. The Kier molecular flexibility index (Phi) is 6.01. The van der Waals surface area contributed by atoms with Gasteiger partial charge in [-0.25, -0.2) is 0 Å². The van der Waals surface area contributed by atoms with Gasteiger partial charge in [0.15, 0.2) is 0 Å². The summed E-state index contributed by atoms with van der Waals surface area (Å²) in [6.07, 6.45) is 0. The first-order valence-electron chi connectivity index (χ1n) is 6.78. The van der Waals surface area contributed by atoms with E-state index < -0.39 is 0 Å². The predicted octanol–water partition coefficient (Wildman–Crippen LogP) is 2.08. The maximum absolute atomic E-state index is 12.2. The van der Waals surface area contributed by atoms with Crippen LogP contribution in [0.25, 0.3) is 0 Å². The molecule has 3 N–H and O–H groups in total. The smallest absolute Gasteiger partial charge is 0.241 e. The van der Waals surface area contributed by atoms with Crippen LogP contribution >= 0.6 is 0 Å². The van der Waals surface area contributed by atoms with E-state index >= 15 is 0 Å². The minimum Gasteiger partial charge on any atom is -0.397 e. The number of nitrogens with zero attached hydrogens (tertiary/aromatic N) is 2. The lowest BCUT2D eigenvalue weighted by Gasteiger charge is -2.27. The van der Waals surface area contributed by atoms with E-state index in [1.807, 2.05) is 37.8 Å². The second-order valence-corrected chi connectivity index (χ2v) is 4.87. The Morgan fingerprint density at radius 3 is 2.65 bits per heavy atom. The third-order valence-corrected chi connectivity index (χ3v) is 3.28. The third kappa shape index (κ3) is 4.25. The van der Waals surface area contributed by atoms with E-state index in [1.54, 1.807) is 12.1 Å². The van der Waals surface area contributed by atoms with Crippen LogP contribution in [0.5, 0.6) is 0 Å². The third-order valence-electron chi connectivity index (χ3n) is 3.28. The number of hydrogen-bond donors (Lipinski definition) is 2. The van der Waals surface area contributed by atoms with Crippen LogP contribution in [0.4, 0.5) is 11.4 Å². The quantitative estimate of drug-likeness (QED) is 0.778. The van der Waals surface area contributed by atoms with Gasteiger partial charge in [-0.1, -0.05) is 19.1 Å². The number of rotatable bonds is 6. The van der Waals surface area contributed by atoms with Gasteiger partial charge in [0.1, 0.15) is 0 Å². The fraction of sp³-hybridized carbons (Fsp3) is 0.467. The first-order chi connectivity index (χ1) is 9.49. The number of nitrogen functional groups attached to an aromatic ring is 1. The van der Waals surface area contributed by atoms with E-state index in [-0.39, 0.29) is 17.9 Å². The molecule has 108 valence electrons. The van der Waals surface area contributed by atoms with E-state index in [4.69, 9.17) is 11.0 Å². The molecule has 2 atom stereocenters. The number of nitrogens with two attached hydrogens (primary N) is 1. The van der Waals surface area contributed by atoms with Crippen molar-refractivity contribution in [2.45, 2.75) is 26.8 Å².